The van der Waals surface area contributed by atoms with Crippen LogP contribution in [0, 0.1) is 0 Å². The van der Waals surface area contributed by atoms with Crippen molar-refractivity contribution in [1.82, 2.24) is 0 Å². The van der Waals surface area contributed by atoms with Crippen LogP contribution < -0.4 is 0 Å². The lowest BCUT2D eigenvalue weighted by atomic mass is 11.0. The van der Waals surface area contributed by atoms with Crippen LogP contribution in [0.3, 0.4) is 0 Å². The first-order valence-corrected chi connectivity index (χ1v) is 4.73. The van der Waals surface area contributed by atoms with Crippen LogP contribution >= 0.6 is 0 Å². The van der Waals surface area contributed by atoms with Crippen LogP contribution in [0.15, 0.2) is 11.6 Å². The lowest BCUT2D eigenvalue weighted by Crippen LogP contribution is -1.93. The first kappa shape index (κ1) is 7.56. The zero-order valence-electron chi connectivity index (χ0n) is 5.60. The molecule has 2 nitrogen and oxygen atoms in total. The van der Waals surface area contributed by atoms with E-state index in [2.05, 4.69) is 6.55 Å². The van der Waals surface area contributed by atoms with E-state index in [1.807, 2.05) is 0 Å². The normalized spacial score (nSPS) is 12.6. The van der Waals surface area contributed by atoms with Gasteiger partial charge in [0.05, 0.1) is 14.2 Å². The molecule has 0 aliphatic rings. The minimum absolute atomic E-state index is 0.169. The van der Waals surface area contributed by atoms with Crippen molar-refractivity contribution < 1.29 is 9.47 Å². The number of hydrogen-bond donors (Lipinski definition) is 0. The van der Waals surface area contributed by atoms with Gasteiger partial charge in [-0.15, -0.1) is 0 Å². The van der Waals surface area contributed by atoms with Crippen molar-refractivity contribution in [2.75, 3.05) is 14.2 Å². The first-order valence-electron chi connectivity index (χ1n) is 2.61. The third-order valence-electron chi connectivity index (χ3n) is 0.860. The fourth-order valence-corrected chi connectivity index (χ4v) is 1.03. The predicted molar refractivity (Wildman–Crippen MR) is 36.5 cm³/mol. The Morgan fingerprint density at radius 2 is 2.12 bits per heavy atom. The standard InChI is InChI=1S/C5H12O2Si/c1-6-4-5(7-2)8-3/h4H,8H2,1-3H3. The molecule has 48 valence electrons. The van der Waals surface area contributed by atoms with Gasteiger partial charge in [0.25, 0.3) is 0 Å². The molecule has 0 aromatic carbocycles. The second kappa shape index (κ2) is 4.71. The first-order chi connectivity index (χ1) is 3.85. The number of methoxy groups -OCH3 is 2. The van der Waals surface area contributed by atoms with Crippen molar-refractivity contribution in [1.29, 1.82) is 0 Å². The highest BCUT2D eigenvalue weighted by atomic mass is 28.2. The van der Waals surface area contributed by atoms with Crippen molar-refractivity contribution >= 4 is 9.52 Å². The summed E-state index contributed by atoms with van der Waals surface area (Å²) in [5.41, 5.74) is 0. The van der Waals surface area contributed by atoms with Crippen molar-refractivity contribution in [3.05, 3.63) is 11.6 Å². The third kappa shape index (κ3) is 2.68. The maximum atomic E-state index is 4.94. The predicted octanol–water partition coefficient (Wildman–Crippen LogP) is 0.295. The topological polar surface area (TPSA) is 18.5 Å². The third-order valence-corrected chi connectivity index (χ3v) is 2.01. The Bertz CT molecular complexity index is 74.5. The van der Waals surface area contributed by atoms with Crippen LogP contribution in [-0.4, -0.2) is 23.7 Å². The van der Waals surface area contributed by atoms with E-state index < -0.39 is 0 Å². The van der Waals surface area contributed by atoms with Gasteiger partial charge in [-0.1, -0.05) is 6.55 Å². The van der Waals surface area contributed by atoms with Gasteiger partial charge in [-0.25, -0.2) is 0 Å². The highest BCUT2D eigenvalue weighted by molar-refractivity contribution is 6.42. The van der Waals surface area contributed by atoms with Gasteiger partial charge >= 0.3 is 0 Å². The molecule has 0 spiro atoms. The Hall–Kier alpha value is -0.443. The van der Waals surface area contributed by atoms with Crippen molar-refractivity contribution in [2.24, 2.45) is 0 Å². The maximum Gasteiger partial charge on any atom is 0.114 e. The van der Waals surface area contributed by atoms with Crippen molar-refractivity contribution in [3.63, 3.8) is 0 Å². The van der Waals surface area contributed by atoms with Gasteiger partial charge in [0.2, 0.25) is 0 Å². The number of ether oxygens (including phenoxy) is 2. The summed E-state index contributed by atoms with van der Waals surface area (Å²) in [7, 11) is 3.13. The lowest BCUT2D eigenvalue weighted by Gasteiger charge is -1.99. The molecule has 0 heterocycles. The van der Waals surface area contributed by atoms with Crippen molar-refractivity contribution in [2.45, 2.75) is 6.55 Å². The van der Waals surface area contributed by atoms with Crippen LogP contribution in [0.1, 0.15) is 0 Å². The molecule has 8 heavy (non-hydrogen) atoms. The van der Waals surface area contributed by atoms with Gasteiger partial charge < -0.3 is 9.47 Å². The second-order valence-electron chi connectivity index (χ2n) is 1.38. The van der Waals surface area contributed by atoms with E-state index in [9.17, 15) is 0 Å². The van der Waals surface area contributed by atoms with E-state index >= 15 is 0 Å². The smallest absolute Gasteiger partial charge is 0.114 e. The van der Waals surface area contributed by atoms with Crippen LogP contribution in [-0.2, 0) is 9.47 Å². The molecule has 0 aromatic rings. The molecule has 0 saturated heterocycles. The molecule has 0 aromatic heterocycles. The molecule has 0 amide bonds. The van der Waals surface area contributed by atoms with E-state index in [0.29, 0.717) is 0 Å². The number of rotatable bonds is 3. The van der Waals surface area contributed by atoms with Gasteiger partial charge in [-0.2, -0.15) is 0 Å². The summed E-state index contributed by atoms with van der Waals surface area (Å²) >= 11 is 0. The molecule has 0 aliphatic heterocycles. The molecule has 0 aliphatic carbocycles. The summed E-state index contributed by atoms with van der Waals surface area (Å²) in [6.45, 7) is 2.15. The van der Waals surface area contributed by atoms with Crippen LogP contribution in [0.5, 0.6) is 0 Å². The maximum absolute atomic E-state index is 4.94. The van der Waals surface area contributed by atoms with Gasteiger partial charge in [0.1, 0.15) is 21.2 Å². The van der Waals surface area contributed by atoms with E-state index in [0.717, 1.165) is 5.38 Å². The zero-order chi connectivity index (χ0) is 6.41. The molecule has 3 heteroatoms. The van der Waals surface area contributed by atoms with Crippen LogP contribution in [0.25, 0.3) is 0 Å². The monoisotopic (exact) mass is 132 g/mol. The Labute approximate surface area is 52.3 Å². The SMILES string of the molecule is COC=C(OC)[SiH2]C. The average Bonchev–Trinajstić information content (AvgIpc) is 1.83. The molecule has 0 atom stereocenters. The largest absolute Gasteiger partial charge is 0.504 e. The quantitative estimate of drug-likeness (QED) is 0.406. The van der Waals surface area contributed by atoms with E-state index in [4.69, 9.17) is 9.47 Å². The highest BCUT2D eigenvalue weighted by Gasteiger charge is 1.87. The fourth-order valence-electron chi connectivity index (χ4n) is 0.407. The zero-order valence-corrected chi connectivity index (χ0v) is 7.02. The van der Waals surface area contributed by atoms with Gasteiger partial charge in [0, 0.05) is 0 Å². The summed E-state index contributed by atoms with van der Waals surface area (Å²) < 4.78 is 9.67. The summed E-state index contributed by atoms with van der Waals surface area (Å²) in [6, 6.07) is 0. The summed E-state index contributed by atoms with van der Waals surface area (Å²) in [4.78, 5) is 0. The molecule has 0 rings (SSSR count). The Kier molecular flexibility index (Phi) is 4.45. The van der Waals surface area contributed by atoms with Gasteiger partial charge in [-0.3, -0.25) is 0 Å². The Balaban J connectivity index is 3.49. The summed E-state index contributed by atoms with van der Waals surface area (Å²) in [5, 5.41) is 1.01. The second-order valence-corrected chi connectivity index (χ2v) is 2.78. The van der Waals surface area contributed by atoms with Crippen LogP contribution in [0.2, 0.25) is 6.55 Å². The molecule has 0 unspecified atom stereocenters. The minimum Gasteiger partial charge on any atom is -0.504 e. The minimum atomic E-state index is -0.169. The van der Waals surface area contributed by atoms with E-state index in [-0.39, 0.29) is 9.52 Å². The average molecular weight is 132 g/mol. The molecule has 0 radical (unpaired) electrons. The summed E-state index contributed by atoms with van der Waals surface area (Å²) in [6.07, 6.45) is 1.66. The summed E-state index contributed by atoms with van der Waals surface area (Å²) in [5.74, 6) is 0. The Morgan fingerprint density at radius 3 is 2.25 bits per heavy atom. The number of hydrogen-bond acceptors (Lipinski definition) is 2. The highest BCUT2D eigenvalue weighted by Crippen LogP contribution is 1.90. The fraction of sp³-hybridized carbons (Fsp3) is 0.600. The lowest BCUT2D eigenvalue weighted by molar-refractivity contribution is 0.271. The molecule has 0 saturated carbocycles. The molecule has 0 N–H and O–H groups in total. The van der Waals surface area contributed by atoms with Gasteiger partial charge in [0.15, 0.2) is 0 Å². The van der Waals surface area contributed by atoms with Crippen LogP contribution in [0.4, 0.5) is 0 Å². The van der Waals surface area contributed by atoms with E-state index in [1.54, 1.807) is 20.5 Å². The van der Waals surface area contributed by atoms with Crippen molar-refractivity contribution in [3.8, 4) is 0 Å². The molecule has 0 bridgehead atoms. The molecule has 0 fully saturated rings. The molecular weight excluding hydrogens is 120 g/mol. The Morgan fingerprint density at radius 1 is 1.50 bits per heavy atom. The molecular formula is C5H12O2Si. The van der Waals surface area contributed by atoms with Gasteiger partial charge in [-0.05, 0) is 0 Å². The van der Waals surface area contributed by atoms with E-state index in [1.165, 1.54) is 0 Å².